The van der Waals surface area contributed by atoms with Gasteiger partial charge in [-0.1, -0.05) is 0 Å². The van der Waals surface area contributed by atoms with Crippen molar-refractivity contribution in [3.8, 4) is 0 Å². The Hall–Kier alpha value is -3.38. The molecule has 8 rings (SSSR count). The first-order valence-corrected chi connectivity index (χ1v) is 12.2. The number of nitrogens with zero attached hydrogens (tertiary/aromatic N) is 5. The van der Waals surface area contributed by atoms with E-state index in [2.05, 4.69) is 30.7 Å². The molecule has 2 saturated heterocycles. The number of imidazole rings is 1. The molecule has 5 aliphatic rings. The molecule has 5 fully saturated rings. The second-order valence-electron chi connectivity index (χ2n) is 10.00. The molecule has 5 heterocycles. The summed E-state index contributed by atoms with van der Waals surface area (Å²) in [5.41, 5.74) is 1.64. The Morgan fingerprint density at radius 1 is 1.23 bits per heavy atom. The van der Waals surface area contributed by atoms with Gasteiger partial charge in [-0.15, -0.1) is 0 Å². The number of carbonyl (C=O) groups excluding carboxylic acids is 1. The highest BCUT2D eigenvalue weighted by atomic mass is 16.6. The summed E-state index contributed by atoms with van der Waals surface area (Å²) in [5.74, 6) is 2.90. The summed E-state index contributed by atoms with van der Waals surface area (Å²) in [6, 6.07) is 3.88. The van der Waals surface area contributed by atoms with Gasteiger partial charge in [0.05, 0.1) is 25.5 Å². The largest absolute Gasteiger partial charge is 0.444 e. The van der Waals surface area contributed by atoms with Gasteiger partial charge in [0.25, 0.3) is 0 Å². The highest BCUT2D eigenvalue weighted by Crippen LogP contribution is 2.56. The third-order valence-corrected chi connectivity index (χ3v) is 7.54. The van der Waals surface area contributed by atoms with Gasteiger partial charge in [-0.05, 0) is 25.2 Å². The molecule has 0 aromatic carbocycles. The van der Waals surface area contributed by atoms with Crippen molar-refractivity contribution in [3.63, 3.8) is 0 Å². The smallest absolute Gasteiger partial charge is 0.407 e. The average molecular weight is 481 g/mol. The number of morpholine rings is 1. The Labute approximate surface area is 201 Å². The summed E-state index contributed by atoms with van der Waals surface area (Å²) in [4.78, 5) is 23.7. The zero-order valence-corrected chi connectivity index (χ0v) is 19.3. The highest BCUT2D eigenvalue weighted by Gasteiger charge is 2.57. The number of H-pyrrole nitrogens is 1. The van der Waals surface area contributed by atoms with Crippen LogP contribution in [0, 0.1) is 5.92 Å². The van der Waals surface area contributed by atoms with E-state index in [-0.39, 0.29) is 23.8 Å². The summed E-state index contributed by atoms with van der Waals surface area (Å²) in [6.45, 7) is 3.31. The molecule has 3 aromatic heterocycles. The molecule has 3 aromatic rings. The van der Waals surface area contributed by atoms with Gasteiger partial charge in [-0.3, -0.25) is 9.50 Å². The summed E-state index contributed by atoms with van der Waals surface area (Å²) in [5, 5.41) is 13.8. The third kappa shape index (κ3) is 3.86. The first-order chi connectivity index (χ1) is 17.1. The van der Waals surface area contributed by atoms with Crippen LogP contribution in [0.4, 0.5) is 22.4 Å². The number of anilines is 3. The first-order valence-electron chi connectivity index (χ1n) is 12.2. The standard InChI is InChI=1S/C23H28N8O4/c32-22(27-23-10-14(11-23)12-23)35-15-7-17(34-13-15)16-8-18(29-28-16)25-21-26-20(30-3-5-33-6-4-30)9-19-24-1-2-31(19)21/h1-2,8-9,14-15,17H,3-7,10-13H2,(H,27,32)(H2,25,26,28,29). The Bertz CT molecular complexity index is 1230. The van der Waals surface area contributed by atoms with Crippen molar-refractivity contribution in [3.05, 3.63) is 30.2 Å². The number of carbonyl (C=O) groups is 1. The normalized spacial score (nSPS) is 29.5. The molecule has 3 saturated carbocycles. The first kappa shape index (κ1) is 20.9. The number of hydrogen-bond acceptors (Lipinski definition) is 9. The van der Waals surface area contributed by atoms with Crippen LogP contribution in [-0.4, -0.2) is 75.2 Å². The summed E-state index contributed by atoms with van der Waals surface area (Å²) in [6.07, 6.45) is 6.64. The van der Waals surface area contributed by atoms with E-state index in [1.165, 1.54) is 0 Å². The van der Waals surface area contributed by atoms with Crippen molar-refractivity contribution in [2.45, 2.75) is 43.4 Å². The summed E-state index contributed by atoms with van der Waals surface area (Å²) in [7, 11) is 0. The second-order valence-corrected chi connectivity index (χ2v) is 10.00. The van der Waals surface area contributed by atoms with Crippen LogP contribution in [0.1, 0.15) is 37.5 Å². The van der Waals surface area contributed by atoms with Gasteiger partial charge >= 0.3 is 6.09 Å². The lowest BCUT2D eigenvalue weighted by molar-refractivity contribution is -0.0510. The molecule has 2 aliphatic heterocycles. The van der Waals surface area contributed by atoms with E-state index in [9.17, 15) is 4.79 Å². The number of alkyl carbamates (subject to hydrolysis) is 1. The molecule has 35 heavy (non-hydrogen) atoms. The Morgan fingerprint density at radius 2 is 2.09 bits per heavy atom. The minimum atomic E-state index is -0.333. The fraction of sp³-hybridized carbons (Fsp3) is 0.565. The maximum absolute atomic E-state index is 12.3. The second kappa shape index (κ2) is 8.09. The molecule has 0 radical (unpaired) electrons. The van der Waals surface area contributed by atoms with E-state index in [1.807, 2.05) is 22.7 Å². The number of aromatic amines is 1. The number of aromatic nitrogens is 5. The van der Waals surface area contributed by atoms with E-state index in [0.29, 0.717) is 38.0 Å². The fourth-order valence-corrected chi connectivity index (χ4v) is 5.56. The minimum Gasteiger partial charge on any atom is -0.444 e. The molecular formula is C23H28N8O4. The quantitative estimate of drug-likeness (QED) is 0.486. The van der Waals surface area contributed by atoms with Crippen LogP contribution in [0.5, 0.6) is 0 Å². The van der Waals surface area contributed by atoms with Gasteiger partial charge in [0.2, 0.25) is 5.95 Å². The fourth-order valence-electron chi connectivity index (χ4n) is 5.56. The number of fused-ring (bicyclic) bond motifs is 1. The van der Waals surface area contributed by atoms with Gasteiger partial charge in [-0.2, -0.15) is 10.1 Å². The van der Waals surface area contributed by atoms with E-state index >= 15 is 0 Å². The van der Waals surface area contributed by atoms with Gasteiger partial charge in [0, 0.05) is 49.6 Å². The van der Waals surface area contributed by atoms with E-state index in [0.717, 1.165) is 55.4 Å². The van der Waals surface area contributed by atoms with Crippen molar-refractivity contribution in [1.82, 2.24) is 29.9 Å². The lowest BCUT2D eigenvalue weighted by Gasteiger charge is -2.61. The molecule has 3 N–H and O–H groups in total. The monoisotopic (exact) mass is 480 g/mol. The van der Waals surface area contributed by atoms with Gasteiger partial charge in [0.1, 0.15) is 23.7 Å². The van der Waals surface area contributed by atoms with Crippen molar-refractivity contribution >= 4 is 29.3 Å². The van der Waals surface area contributed by atoms with Gasteiger partial charge in [-0.25, -0.2) is 9.78 Å². The van der Waals surface area contributed by atoms with Gasteiger partial charge in [0.15, 0.2) is 5.82 Å². The predicted molar refractivity (Wildman–Crippen MR) is 125 cm³/mol. The van der Waals surface area contributed by atoms with E-state index < -0.39 is 0 Å². The maximum Gasteiger partial charge on any atom is 0.407 e. The average Bonchev–Trinajstić information content (AvgIpc) is 3.57. The van der Waals surface area contributed by atoms with Crippen LogP contribution in [-0.2, 0) is 14.2 Å². The molecule has 1 amide bonds. The Balaban J connectivity index is 1.01. The van der Waals surface area contributed by atoms with Crippen LogP contribution in [0.25, 0.3) is 5.65 Å². The SMILES string of the molecule is O=C(NC12CC(C1)C2)OC1COC(c2cc(Nc3nc(N4CCOCC4)cc4nccn34)n[nH]2)C1. The molecule has 184 valence electrons. The van der Waals surface area contributed by atoms with E-state index in [4.69, 9.17) is 19.2 Å². The van der Waals surface area contributed by atoms with Crippen molar-refractivity contribution < 1.29 is 19.0 Å². The van der Waals surface area contributed by atoms with Crippen LogP contribution in [0.2, 0.25) is 0 Å². The number of amides is 1. The van der Waals surface area contributed by atoms with E-state index in [1.54, 1.807) is 6.20 Å². The number of rotatable bonds is 6. The summed E-state index contributed by atoms with van der Waals surface area (Å²) >= 11 is 0. The third-order valence-electron chi connectivity index (χ3n) is 7.54. The minimum absolute atomic E-state index is 0.0122. The van der Waals surface area contributed by atoms with Crippen LogP contribution >= 0.6 is 0 Å². The summed E-state index contributed by atoms with van der Waals surface area (Å²) < 4.78 is 18.9. The zero-order chi connectivity index (χ0) is 23.4. The molecule has 2 atom stereocenters. The lowest BCUT2D eigenvalue weighted by Crippen LogP contribution is -2.68. The topological polar surface area (TPSA) is 131 Å². The molecule has 12 nitrogen and oxygen atoms in total. The van der Waals surface area contributed by atoms with Gasteiger partial charge < -0.3 is 29.7 Å². The highest BCUT2D eigenvalue weighted by molar-refractivity contribution is 5.69. The van der Waals surface area contributed by atoms with Crippen molar-refractivity contribution in [1.29, 1.82) is 0 Å². The molecular weight excluding hydrogens is 452 g/mol. The number of hydrogen-bond donors (Lipinski definition) is 3. The molecule has 2 bridgehead atoms. The van der Waals surface area contributed by atoms with Crippen LogP contribution < -0.4 is 15.5 Å². The molecule has 12 heteroatoms. The zero-order valence-electron chi connectivity index (χ0n) is 19.3. The Kier molecular flexibility index (Phi) is 4.84. The molecule has 2 unspecified atom stereocenters. The van der Waals surface area contributed by atoms with Crippen LogP contribution in [0.3, 0.4) is 0 Å². The van der Waals surface area contributed by atoms with Crippen molar-refractivity contribution in [2.24, 2.45) is 5.92 Å². The number of ether oxygens (including phenoxy) is 3. The van der Waals surface area contributed by atoms with Crippen molar-refractivity contribution in [2.75, 3.05) is 43.1 Å². The van der Waals surface area contributed by atoms with Crippen LogP contribution in [0.15, 0.2) is 24.5 Å². The maximum atomic E-state index is 12.3. The molecule has 3 aliphatic carbocycles. The molecule has 0 spiro atoms. The number of nitrogens with one attached hydrogen (secondary N) is 3. The lowest BCUT2D eigenvalue weighted by atomic mass is 9.50. The Morgan fingerprint density at radius 3 is 2.89 bits per heavy atom. The predicted octanol–water partition coefficient (Wildman–Crippen LogP) is 2.14.